The molecule has 38 heavy (non-hydrogen) atoms. The minimum Gasteiger partial charge on any atom is -0.331 e. The smallest absolute Gasteiger partial charge is 0.236 e. The van der Waals surface area contributed by atoms with Crippen molar-refractivity contribution >= 4 is 43.6 Å². The molecule has 1 fully saturated rings. The Kier molecular flexibility index (Phi) is 7.75. The minimum atomic E-state index is -3.58. The summed E-state index contributed by atoms with van der Waals surface area (Å²) in [6.45, 7) is 7.05. The fraction of sp³-hybridized carbons (Fsp3) is 0.286. The SMILES string of the molecule is Cc1ccc(N(c2ccc(CN3CCN(C)CC3)cc2)S(C)(=O)=O)cc1Nc1nc(-c2cccnc2)cs1. The summed E-state index contributed by atoms with van der Waals surface area (Å²) < 4.78 is 27.3. The summed E-state index contributed by atoms with van der Waals surface area (Å²) >= 11 is 1.49. The maximum atomic E-state index is 13.0. The molecular weight excluding hydrogens is 516 g/mol. The number of nitrogens with zero attached hydrogens (tertiary/aromatic N) is 5. The van der Waals surface area contributed by atoms with Crippen LogP contribution in [0.15, 0.2) is 72.4 Å². The molecule has 1 aliphatic heterocycles. The Morgan fingerprint density at radius 1 is 1.03 bits per heavy atom. The number of hydrogen-bond donors (Lipinski definition) is 1. The van der Waals surface area contributed by atoms with Crippen molar-refractivity contribution in [2.45, 2.75) is 13.5 Å². The molecule has 0 atom stereocenters. The van der Waals surface area contributed by atoms with Crippen LogP contribution in [0, 0.1) is 6.92 Å². The van der Waals surface area contributed by atoms with Crippen LogP contribution in [-0.2, 0) is 16.6 Å². The van der Waals surface area contributed by atoms with Crippen LogP contribution in [0.4, 0.5) is 22.2 Å². The monoisotopic (exact) mass is 548 g/mol. The van der Waals surface area contributed by atoms with Gasteiger partial charge in [-0.05, 0) is 61.5 Å². The lowest BCUT2D eigenvalue weighted by Gasteiger charge is -2.32. The molecule has 0 aliphatic carbocycles. The van der Waals surface area contributed by atoms with E-state index < -0.39 is 10.0 Å². The molecule has 0 unspecified atom stereocenters. The Morgan fingerprint density at radius 2 is 1.76 bits per heavy atom. The number of benzene rings is 2. The van der Waals surface area contributed by atoms with Crippen LogP contribution < -0.4 is 9.62 Å². The fourth-order valence-corrected chi connectivity index (χ4v) is 6.23. The van der Waals surface area contributed by atoms with Crippen LogP contribution in [0.25, 0.3) is 11.3 Å². The van der Waals surface area contributed by atoms with Crippen molar-refractivity contribution in [2.24, 2.45) is 0 Å². The topological polar surface area (TPSA) is 81.7 Å². The van der Waals surface area contributed by atoms with Gasteiger partial charge in [-0.2, -0.15) is 0 Å². The molecule has 10 heteroatoms. The van der Waals surface area contributed by atoms with Gasteiger partial charge in [-0.15, -0.1) is 11.3 Å². The van der Waals surface area contributed by atoms with E-state index in [-0.39, 0.29) is 0 Å². The number of nitrogens with one attached hydrogen (secondary N) is 1. The normalized spacial score (nSPS) is 14.9. The summed E-state index contributed by atoms with van der Waals surface area (Å²) in [6, 6.07) is 17.3. The predicted molar refractivity (Wildman–Crippen MR) is 156 cm³/mol. The number of aromatic nitrogens is 2. The van der Waals surface area contributed by atoms with E-state index in [0.29, 0.717) is 11.4 Å². The summed E-state index contributed by atoms with van der Waals surface area (Å²) in [4.78, 5) is 13.6. The van der Waals surface area contributed by atoms with Gasteiger partial charge >= 0.3 is 0 Å². The molecule has 198 valence electrons. The third kappa shape index (κ3) is 6.21. The van der Waals surface area contributed by atoms with E-state index >= 15 is 0 Å². The first-order chi connectivity index (χ1) is 18.3. The maximum Gasteiger partial charge on any atom is 0.236 e. The van der Waals surface area contributed by atoms with Crippen LogP contribution in [0.2, 0.25) is 0 Å². The molecule has 2 aromatic carbocycles. The highest BCUT2D eigenvalue weighted by atomic mass is 32.2. The van der Waals surface area contributed by atoms with E-state index in [2.05, 4.69) is 32.1 Å². The number of rotatable bonds is 8. The first-order valence-electron chi connectivity index (χ1n) is 12.5. The minimum absolute atomic E-state index is 0.566. The Morgan fingerprint density at radius 3 is 2.45 bits per heavy atom. The van der Waals surface area contributed by atoms with E-state index in [9.17, 15) is 8.42 Å². The molecule has 1 aliphatic rings. The number of sulfonamides is 1. The highest BCUT2D eigenvalue weighted by Gasteiger charge is 2.21. The van der Waals surface area contributed by atoms with Crippen molar-refractivity contribution in [3.8, 4) is 11.3 Å². The summed E-state index contributed by atoms with van der Waals surface area (Å²) in [5.41, 5.74) is 5.92. The van der Waals surface area contributed by atoms with Gasteiger partial charge in [-0.25, -0.2) is 17.7 Å². The second kappa shape index (κ2) is 11.2. The quantitative estimate of drug-likeness (QED) is 0.328. The first-order valence-corrected chi connectivity index (χ1v) is 15.2. The zero-order valence-electron chi connectivity index (χ0n) is 21.8. The number of anilines is 4. The maximum absolute atomic E-state index is 13.0. The standard InChI is InChI=1S/C28H32N6O2S2/c1-21-6-9-25(17-26(21)30-28-31-27(20-37-28)23-5-4-12-29-18-23)34(38(3,35)36)24-10-7-22(8-11-24)19-33-15-13-32(2)14-16-33/h4-12,17-18,20H,13-16,19H2,1-3H3,(H,30,31). The Labute approximate surface area is 228 Å². The molecule has 1 saturated heterocycles. The zero-order valence-corrected chi connectivity index (χ0v) is 23.5. The summed E-state index contributed by atoms with van der Waals surface area (Å²) in [5.74, 6) is 0. The van der Waals surface area contributed by atoms with Gasteiger partial charge in [0.2, 0.25) is 10.0 Å². The number of hydrogen-bond acceptors (Lipinski definition) is 8. The van der Waals surface area contributed by atoms with Gasteiger partial charge in [-0.3, -0.25) is 9.88 Å². The fourth-order valence-electron chi connectivity index (χ4n) is 4.50. The van der Waals surface area contributed by atoms with Crippen molar-refractivity contribution < 1.29 is 8.42 Å². The van der Waals surface area contributed by atoms with Gasteiger partial charge in [0.25, 0.3) is 0 Å². The van der Waals surface area contributed by atoms with Crippen molar-refractivity contribution in [1.82, 2.24) is 19.8 Å². The second-order valence-corrected chi connectivity index (χ2v) is 12.4. The van der Waals surface area contributed by atoms with E-state index in [0.717, 1.165) is 60.4 Å². The number of aryl methyl sites for hydroxylation is 1. The van der Waals surface area contributed by atoms with E-state index in [1.54, 1.807) is 12.4 Å². The first kappa shape index (κ1) is 26.3. The molecule has 0 saturated carbocycles. The number of piperazine rings is 1. The average Bonchev–Trinajstić information content (AvgIpc) is 3.37. The predicted octanol–water partition coefficient (Wildman–Crippen LogP) is 5.10. The number of thiazole rings is 1. The molecule has 1 N–H and O–H groups in total. The van der Waals surface area contributed by atoms with E-state index in [1.165, 1.54) is 27.5 Å². The van der Waals surface area contributed by atoms with Crippen LogP contribution >= 0.6 is 11.3 Å². The van der Waals surface area contributed by atoms with Crippen molar-refractivity contribution in [2.75, 3.05) is 49.1 Å². The zero-order chi connectivity index (χ0) is 26.7. The second-order valence-electron chi connectivity index (χ2n) is 9.68. The van der Waals surface area contributed by atoms with Crippen LogP contribution in [0.3, 0.4) is 0 Å². The molecule has 0 amide bonds. The Bertz CT molecular complexity index is 1480. The summed E-state index contributed by atoms with van der Waals surface area (Å²) in [5, 5.41) is 6.08. The molecule has 2 aromatic heterocycles. The van der Waals surface area contributed by atoms with Crippen molar-refractivity contribution in [1.29, 1.82) is 0 Å². The summed E-state index contributed by atoms with van der Waals surface area (Å²) in [7, 11) is -1.43. The van der Waals surface area contributed by atoms with E-state index in [4.69, 9.17) is 0 Å². The van der Waals surface area contributed by atoms with Gasteiger partial charge in [0.15, 0.2) is 5.13 Å². The Balaban J connectivity index is 1.37. The van der Waals surface area contributed by atoms with Gasteiger partial charge in [-0.1, -0.05) is 18.2 Å². The molecule has 4 aromatic rings. The molecule has 3 heterocycles. The van der Waals surface area contributed by atoms with Gasteiger partial charge < -0.3 is 10.2 Å². The highest BCUT2D eigenvalue weighted by molar-refractivity contribution is 7.92. The van der Waals surface area contributed by atoms with Crippen LogP contribution in [0.1, 0.15) is 11.1 Å². The average molecular weight is 549 g/mol. The van der Waals surface area contributed by atoms with Crippen molar-refractivity contribution in [3.05, 3.63) is 83.5 Å². The van der Waals surface area contributed by atoms with E-state index in [1.807, 2.05) is 66.9 Å². The largest absolute Gasteiger partial charge is 0.331 e. The van der Waals surface area contributed by atoms with Gasteiger partial charge in [0.05, 0.1) is 23.3 Å². The highest BCUT2D eigenvalue weighted by Crippen LogP contribution is 2.34. The molecule has 0 radical (unpaired) electrons. The molecule has 0 spiro atoms. The lowest BCUT2D eigenvalue weighted by Crippen LogP contribution is -2.43. The van der Waals surface area contributed by atoms with Crippen molar-refractivity contribution in [3.63, 3.8) is 0 Å². The molecule has 5 rings (SSSR count). The summed E-state index contributed by atoms with van der Waals surface area (Å²) in [6.07, 6.45) is 4.75. The number of likely N-dealkylation sites (N-methyl/N-ethyl adjacent to an activating group) is 1. The lowest BCUT2D eigenvalue weighted by molar-refractivity contribution is 0.148. The van der Waals surface area contributed by atoms with Crippen LogP contribution in [-0.4, -0.2) is 67.7 Å². The molecule has 8 nitrogen and oxygen atoms in total. The Hall–Kier alpha value is -3.31. The number of pyridine rings is 1. The van der Waals surface area contributed by atoms with Gasteiger partial charge in [0, 0.05) is 61.7 Å². The lowest BCUT2D eigenvalue weighted by atomic mass is 10.1. The molecule has 0 bridgehead atoms. The van der Waals surface area contributed by atoms with Crippen LogP contribution in [0.5, 0.6) is 0 Å². The molecular formula is C28H32N6O2S2. The van der Waals surface area contributed by atoms with Gasteiger partial charge in [0.1, 0.15) is 0 Å². The third-order valence-corrected chi connectivity index (χ3v) is 8.51. The third-order valence-electron chi connectivity index (χ3n) is 6.66.